The normalized spacial score (nSPS) is 19.6. The predicted molar refractivity (Wildman–Crippen MR) is 126 cm³/mol. The Hall–Kier alpha value is -3.74. The van der Waals surface area contributed by atoms with Gasteiger partial charge >= 0.3 is 0 Å². The molecule has 2 unspecified atom stereocenters. The van der Waals surface area contributed by atoms with E-state index in [9.17, 15) is 18.0 Å². The van der Waals surface area contributed by atoms with Crippen molar-refractivity contribution in [3.63, 3.8) is 0 Å². The number of sulfonamides is 1. The molecule has 0 saturated carbocycles. The Morgan fingerprint density at radius 3 is 2.41 bits per heavy atom. The lowest BCUT2D eigenvalue weighted by Gasteiger charge is -2.42. The quantitative estimate of drug-likeness (QED) is 0.625. The smallest absolute Gasteiger partial charge is 0.274 e. The third kappa shape index (κ3) is 3.91. The van der Waals surface area contributed by atoms with Gasteiger partial charge in [-0.2, -0.15) is 9.57 Å². The number of nitrogens with one attached hydrogen (secondary N) is 1. The number of carbonyl (C=O) groups is 1. The minimum atomic E-state index is -3.61. The molecule has 9 heteroatoms. The van der Waals surface area contributed by atoms with E-state index in [4.69, 9.17) is 5.26 Å². The van der Waals surface area contributed by atoms with Crippen LogP contribution in [0, 0.1) is 17.2 Å². The average Bonchev–Trinajstić information content (AvgIpc) is 2.86. The van der Waals surface area contributed by atoms with Crippen LogP contribution in [0.2, 0.25) is 0 Å². The summed E-state index contributed by atoms with van der Waals surface area (Å²) in [5.41, 5.74) is 1.45. The maximum Gasteiger partial charge on any atom is 0.274 e. The van der Waals surface area contributed by atoms with Gasteiger partial charge in [-0.15, -0.1) is 0 Å². The van der Waals surface area contributed by atoms with Gasteiger partial charge in [0, 0.05) is 36.8 Å². The second-order valence-corrected chi connectivity index (χ2v) is 10.6. The summed E-state index contributed by atoms with van der Waals surface area (Å²) < 4.78 is 29.5. The lowest BCUT2D eigenvalue weighted by molar-refractivity contribution is 0.102. The van der Waals surface area contributed by atoms with E-state index in [0.717, 1.165) is 12.1 Å². The van der Waals surface area contributed by atoms with E-state index in [1.54, 1.807) is 59.2 Å². The first kappa shape index (κ1) is 22.1. The topological polar surface area (TPSA) is 112 Å². The lowest BCUT2D eigenvalue weighted by atomic mass is 9.84. The van der Waals surface area contributed by atoms with E-state index >= 15 is 0 Å². The summed E-state index contributed by atoms with van der Waals surface area (Å²) in [6.07, 6.45) is 0.817. The van der Waals surface area contributed by atoms with Crippen molar-refractivity contribution in [3.8, 4) is 6.07 Å². The Kier molecular flexibility index (Phi) is 5.55. The second-order valence-electron chi connectivity index (χ2n) is 8.66. The van der Waals surface area contributed by atoms with Crippen molar-refractivity contribution in [1.29, 1.82) is 5.26 Å². The first-order valence-electron chi connectivity index (χ1n) is 11.0. The molecule has 2 atom stereocenters. The van der Waals surface area contributed by atoms with E-state index in [1.165, 1.54) is 16.4 Å². The van der Waals surface area contributed by atoms with Gasteiger partial charge in [-0.3, -0.25) is 9.59 Å². The Bertz CT molecular complexity index is 1460. The monoisotopic (exact) mass is 474 g/mol. The minimum Gasteiger partial charge on any atom is -0.317 e. The van der Waals surface area contributed by atoms with Gasteiger partial charge in [0.25, 0.3) is 11.5 Å². The molecule has 0 spiro atoms. The first-order valence-corrected chi connectivity index (χ1v) is 12.4. The van der Waals surface area contributed by atoms with E-state index in [0.29, 0.717) is 30.8 Å². The predicted octanol–water partition coefficient (Wildman–Crippen LogP) is 2.78. The molecule has 2 bridgehead atoms. The lowest BCUT2D eigenvalue weighted by Crippen LogP contribution is -2.49. The van der Waals surface area contributed by atoms with Gasteiger partial charge < -0.3 is 9.88 Å². The number of fused-ring (bicyclic) bond motifs is 4. The number of pyridine rings is 1. The minimum absolute atomic E-state index is 0.00640. The van der Waals surface area contributed by atoms with Crippen LogP contribution in [0.1, 0.15) is 34.0 Å². The molecule has 34 heavy (non-hydrogen) atoms. The fourth-order valence-electron chi connectivity index (χ4n) is 4.83. The van der Waals surface area contributed by atoms with Crippen LogP contribution in [0.5, 0.6) is 0 Å². The highest BCUT2D eigenvalue weighted by atomic mass is 32.2. The molecule has 2 aliphatic heterocycles. The van der Waals surface area contributed by atoms with Crippen LogP contribution in [-0.4, -0.2) is 36.3 Å². The summed E-state index contributed by atoms with van der Waals surface area (Å²) in [6, 6.07) is 20.0. The summed E-state index contributed by atoms with van der Waals surface area (Å²) in [7, 11) is -3.61. The van der Waals surface area contributed by atoms with Gasteiger partial charge in [-0.1, -0.05) is 18.2 Å². The standard InChI is InChI=1S/C25H22N4O4S/c26-13-17-6-8-19(9-7-17)24(30)27-22-10-11-23-20-12-18(15-29(23)25(22)31)14-28(16-20)34(32,33)21-4-2-1-3-5-21/h1-11,18,20H,12,14-16H2,(H,27,30). The zero-order valence-electron chi connectivity index (χ0n) is 18.2. The largest absolute Gasteiger partial charge is 0.317 e. The maximum atomic E-state index is 13.2. The number of amides is 1. The number of nitrogens with zero attached hydrogens (tertiary/aromatic N) is 3. The number of hydrogen-bond donors (Lipinski definition) is 1. The van der Waals surface area contributed by atoms with E-state index in [2.05, 4.69) is 5.32 Å². The summed E-state index contributed by atoms with van der Waals surface area (Å²) in [5, 5.41) is 11.6. The summed E-state index contributed by atoms with van der Waals surface area (Å²) >= 11 is 0. The van der Waals surface area contributed by atoms with Crippen LogP contribution < -0.4 is 10.9 Å². The first-order chi connectivity index (χ1) is 16.4. The van der Waals surface area contributed by atoms with Gasteiger partial charge in [0.2, 0.25) is 10.0 Å². The molecule has 2 aromatic carbocycles. The van der Waals surface area contributed by atoms with Crippen LogP contribution in [0.3, 0.4) is 0 Å². The molecule has 172 valence electrons. The van der Waals surface area contributed by atoms with Gasteiger partial charge in [0.1, 0.15) is 5.69 Å². The molecule has 0 aliphatic carbocycles. The van der Waals surface area contributed by atoms with E-state index < -0.39 is 15.9 Å². The fraction of sp³-hybridized carbons (Fsp3) is 0.240. The molecule has 1 aromatic heterocycles. The molecule has 2 aliphatic rings. The van der Waals surface area contributed by atoms with Crippen molar-refractivity contribution in [2.24, 2.45) is 5.92 Å². The average molecular weight is 475 g/mol. The number of carbonyl (C=O) groups excluding carboxylic acids is 1. The Labute approximate surface area is 197 Å². The van der Waals surface area contributed by atoms with Crippen LogP contribution >= 0.6 is 0 Å². The van der Waals surface area contributed by atoms with Crippen molar-refractivity contribution < 1.29 is 13.2 Å². The number of rotatable bonds is 4. The summed E-state index contributed by atoms with van der Waals surface area (Å²) in [5.74, 6) is -0.521. The molecule has 3 aromatic rings. The molecular weight excluding hydrogens is 452 g/mol. The van der Waals surface area contributed by atoms with E-state index in [1.807, 2.05) is 6.07 Å². The Balaban J connectivity index is 1.39. The van der Waals surface area contributed by atoms with Crippen molar-refractivity contribution in [1.82, 2.24) is 8.87 Å². The SMILES string of the molecule is N#Cc1ccc(C(=O)Nc2ccc3n(c2=O)CC2CC3CN(S(=O)(=O)c3ccccc3)C2)cc1. The highest BCUT2D eigenvalue weighted by Gasteiger charge is 2.39. The molecule has 3 heterocycles. The van der Waals surface area contributed by atoms with Gasteiger partial charge in [0.15, 0.2) is 0 Å². The number of hydrogen-bond acceptors (Lipinski definition) is 5. The van der Waals surface area contributed by atoms with Gasteiger partial charge in [0.05, 0.1) is 16.5 Å². The maximum absolute atomic E-state index is 13.2. The number of anilines is 1. The zero-order chi connectivity index (χ0) is 23.9. The third-order valence-electron chi connectivity index (χ3n) is 6.48. The summed E-state index contributed by atoms with van der Waals surface area (Å²) in [4.78, 5) is 26.1. The van der Waals surface area contributed by atoms with Crippen LogP contribution in [0.15, 0.2) is 76.4 Å². The second kappa shape index (κ2) is 8.56. The highest BCUT2D eigenvalue weighted by molar-refractivity contribution is 7.89. The van der Waals surface area contributed by atoms with Crippen molar-refractivity contribution >= 4 is 21.6 Å². The highest BCUT2D eigenvalue weighted by Crippen LogP contribution is 2.37. The van der Waals surface area contributed by atoms with Crippen molar-refractivity contribution in [3.05, 3.63) is 93.9 Å². The molecule has 1 N–H and O–H groups in total. The molecule has 8 nitrogen and oxygen atoms in total. The van der Waals surface area contributed by atoms with Crippen LogP contribution in [0.25, 0.3) is 0 Å². The van der Waals surface area contributed by atoms with Gasteiger partial charge in [-0.25, -0.2) is 8.42 Å². The molecule has 0 radical (unpaired) electrons. The third-order valence-corrected chi connectivity index (χ3v) is 8.32. The van der Waals surface area contributed by atoms with Crippen LogP contribution in [0.4, 0.5) is 5.69 Å². The van der Waals surface area contributed by atoms with Crippen molar-refractivity contribution in [2.75, 3.05) is 18.4 Å². The molecule has 5 rings (SSSR count). The van der Waals surface area contributed by atoms with E-state index in [-0.39, 0.29) is 28.0 Å². The number of aromatic nitrogens is 1. The summed E-state index contributed by atoms with van der Waals surface area (Å²) in [6.45, 7) is 1.05. The fourth-order valence-corrected chi connectivity index (χ4v) is 6.41. The molecule has 1 fully saturated rings. The Morgan fingerprint density at radius 1 is 0.971 bits per heavy atom. The zero-order valence-corrected chi connectivity index (χ0v) is 19.0. The number of piperidine rings is 1. The Morgan fingerprint density at radius 2 is 1.71 bits per heavy atom. The van der Waals surface area contributed by atoms with Gasteiger partial charge in [-0.05, 0) is 60.9 Å². The van der Waals surface area contributed by atoms with Crippen LogP contribution in [-0.2, 0) is 16.6 Å². The molecular formula is C25H22N4O4S. The van der Waals surface area contributed by atoms with Crippen molar-refractivity contribution in [2.45, 2.75) is 23.8 Å². The molecule has 1 saturated heterocycles. The number of nitriles is 1. The number of benzene rings is 2. The molecule has 1 amide bonds.